The van der Waals surface area contributed by atoms with Gasteiger partial charge in [-0.3, -0.25) is 4.79 Å². The summed E-state index contributed by atoms with van der Waals surface area (Å²) in [5, 5.41) is 9.19. The molecular formula is C18H24F6O2. The molecule has 0 aromatic heterocycles. The molecule has 0 aromatic rings. The molecule has 2 aliphatic rings. The SMILES string of the molecule is CC(C=CCC(O)(C(F)(F)F)C(F)(F)F)[C@H]1CC[C@H]2C(=O)CCC[C@]12C. The van der Waals surface area contributed by atoms with Crippen molar-refractivity contribution in [2.24, 2.45) is 23.2 Å². The number of rotatable bonds is 4. The molecule has 0 saturated heterocycles. The Hall–Kier alpha value is -1.05. The van der Waals surface area contributed by atoms with E-state index in [1.54, 1.807) is 6.92 Å². The van der Waals surface area contributed by atoms with Gasteiger partial charge in [0.25, 0.3) is 5.60 Å². The maximum Gasteiger partial charge on any atom is 0.426 e. The fourth-order valence-electron chi connectivity index (χ4n) is 4.81. The Balaban J connectivity index is 2.12. The zero-order chi connectivity index (χ0) is 20.0. The van der Waals surface area contributed by atoms with Crippen LogP contribution in [0.15, 0.2) is 12.2 Å². The lowest BCUT2D eigenvalue weighted by Gasteiger charge is -2.41. The van der Waals surface area contributed by atoms with Crippen LogP contribution in [0.2, 0.25) is 0 Å². The van der Waals surface area contributed by atoms with Crippen LogP contribution in [0.5, 0.6) is 0 Å². The Kier molecular flexibility index (Phi) is 5.59. The smallest absolute Gasteiger partial charge is 0.373 e. The molecule has 0 aliphatic heterocycles. The number of ketones is 1. The van der Waals surface area contributed by atoms with Crippen LogP contribution in [0.4, 0.5) is 26.3 Å². The highest BCUT2D eigenvalue weighted by Gasteiger charge is 2.69. The van der Waals surface area contributed by atoms with Crippen LogP contribution in [0.1, 0.15) is 52.4 Å². The van der Waals surface area contributed by atoms with Crippen molar-refractivity contribution in [3.8, 4) is 0 Å². The number of fused-ring (bicyclic) bond motifs is 1. The average molecular weight is 386 g/mol. The van der Waals surface area contributed by atoms with Crippen molar-refractivity contribution in [1.82, 2.24) is 0 Å². The highest BCUT2D eigenvalue weighted by molar-refractivity contribution is 5.83. The van der Waals surface area contributed by atoms with Crippen molar-refractivity contribution in [2.75, 3.05) is 0 Å². The van der Waals surface area contributed by atoms with Crippen molar-refractivity contribution in [3.63, 3.8) is 0 Å². The Morgan fingerprint density at radius 2 is 1.77 bits per heavy atom. The van der Waals surface area contributed by atoms with E-state index in [0.717, 1.165) is 25.3 Å². The molecular weight excluding hydrogens is 362 g/mol. The van der Waals surface area contributed by atoms with Crippen LogP contribution in [0.3, 0.4) is 0 Å². The summed E-state index contributed by atoms with van der Waals surface area (Å²) in [5.74, 6) is -0.111. The average Bonchev–Trinajstić information content (AvgIpc) is 2.83. The summed E-state index contributed by atoms with van der Waals surface area (Å²) in [7, 11) is 0. The zero-order valence-electron chi connectivity index (χ0n) is 14.8. The molecule has 26 heavy (non-hydrogen) atoms. The molecule has 1 unspecified atom stereocenters. The number of alkyl halides is 6. The van der Waals surface area contributed by atoms with Gasteiger partial charge < -0.3 is 5.11 Å². The number of hydrogen-bond donors (Lipinski definition) is 1. The molecule has 0 spiro atoms. The third kappa shape index (κ3) is 3.53. The van der Waals surface area contributed by atoms with Crippen molar-refractivity contribution < 1.29 is 36.2 Å². The number of hydrogen-bond acceptors (Lipinski definition) is 2. The van der Waals surface area contributed by atoms with Gasteiger partial charge >= 0.3 is 12.4 Å². The van der Waals surface area contributed by atoms with Crippen LogP contribution in [0, 0.1) is 23.2 Å². The van der Waals surface area contributed by atoms with Crippen molar-refractivity contribution >= 4 is 5.78 Å². The topological polar surface area (TPSA) is 37.3 Å². The predicted molar refractivity (Wildman–Crippen MR) is 83.2 cm³/mol. The molecule has 1 N–H and O–H groups in total. The first-order valence-electron chi connectivity index (χ1n) is 8.79. The van der Waals surface area contributed by atoms with Gasteiger partial charge in [0.05, 0.1) is 0 Å². The molecule has 0 bridgehead atoms. The van der Waals surface area contributed by atoms with E-state index < -0.39 is 24.4 Å². The lowest BCUT2D eigenvalue weighted by Crippen LogP contribution is -2.56. The van der Waals surface area contributed by atoms with E-state index in [2.05, 4.69) is 0 Å². The first-order valence-corrected chi connectivity index (χ1v) is 8.79. The van der Waals surface area contributed by atoms with Gasteiger partial charge in [0.2, 0.25) is 0 Å². The van der Waals surface area contributed by atoms with Crippen molar-refractivity contribution in [1.29, 1.82) is 0 Å². The number of halogens is 6. The number of carbonyl (C=O) groups excluding carboxylic acids is 1. The molecule has 8 heteroatoms. The van der Waals surface area contributed by atoms with Crippen molar-refractivity contribution in [2.45, 2.75) is 70.3 Å². The molecule has 0 aromatic carbocycles. The van der Waals surface area contributed by atoms with Gasteiger partial charge in [0, 0.05) is 18.8 Å². The van der Waals surface area contributed by atoms with Crippen LogP contribution in [-0.4, -0.2) is 28.8 Å². The second-order valence-electron chi connectivity index (χ2n) is 7.91. The number of aliphatic hydroxyl groups is 1. The monoisotopic (exact) mass is 386 g/mol. The zero-order valence-corrected chi connectivity index (χ0v) is 14.8. The van der Waals surface area contributed by atoms with Crippen molar-refractivity contribution in [3.05, 3.63) is 12.2 Å². The van der Waals surface area contributed by atoms with Gasteiger partial charge in [-0.1, -0.05) is 26.0 Å². The van der Waals surface area contributed by atoms with Crippen LogP contribution < -0.4 is 0 Å². The van der Waals surface area contributed by atoms with Gasteiger partial charge in [0.1, 0.15) is 5.78 Å². The fraction of sp³-hybridized carbons (Fsp3) is 0.833. The Labute approximate surface area is 148 Å². The molecule has 0 radical (unpaired) electrons. The Morgan fingerprint density at radius 3 is 2.31 bits per heavy atom. The summed E-state index contributed by atoms with van der Waals surface area (Å²) in [6, 6.07) is 0. The first-order chi connectivity index (χ1) is 11.7. The fourth-order valence-corrected chi connectivity index (χ4v) is 4.81. The van der Waals surface area contributed by atoms with E-state index >= 15 is 0 Å². The Morgan fingerprint density at radius 1 is 1.19 bits per heavy atom. The quantitative estimate of drug-likeness (QED) is 0.532. The minimum absolute atomic E-state index is 0.0258. The van der Waals surface area contributed by atoms with E-state index in [4.69, 9.17) is 0 Å². The molecule has 4 atom stereocenters. The lowest BCUT2D eigenvalue weighted by molar-refractivity contribution is -0.366. The number of carbonyl (C=O) groups is 1. The normalized spacial score (nSPS) is 32.1. The van der Waals surface area contributed by atoms with Gasteiger partial charge in [-0.15, -0.1) is 0 Å². The van der Waals surface area contributed by atoms with E-state index in [9.17, 15) is 36.2 Å². The summed E-state index contributed by atoms with van der Waals surface area (Å²) in [6.07, 6.45) is -7.52. The van der Waals surface area contributed by atoms with E-state index in [1.165, 1.54) is 6.08 Å². The molecule has 2 aliphatic carbocycles. The maximum atomic E-state index is 12.7. The first kappa shape index (κ1) is 21.3. The Bertz CT molecular complexity index is 551. The van der Waals surface area contributed by atoms with Gasteiger partial charge in [-0.05, 0) is 42.9 Å². The highest BCUT2D eigenvalue weighted by atomic mass is 19.4. The third-order valence-corrected chi connectivity index (χ3v) is 6.36. The number of allylic oxidation sites excluding steroid dienone is 1. The maximum absolute atomic E-state index is 12.7. The molecule has 2 nitrogen and oxygen atoms in total. The minimum atomic E-state index is -5.81. The minimum Gasteiger partial charge on any atom is -0.373 e. The molecule has 0 amide bonds. The summed E-state index contributed by atoms with van der Waals surface area (Å²) >= 11 is 0. The molecule has 0 heterocycles. The molecule has 2 fully saturated rings. The standard InChI is InChI=1S/C18H24F6O2/c1-11(5-3-10-16(26,17(19,20)21)18(22,23)24)12-7-8-13-14(25)6-4-9-15(12,13)2/h3,5,11-13,26H,4,6-10H2,1-2H3/t11?,12-,13+,15-/m1/s1. The second kappa shape index (κ2) is 6.84. The summed E-state index contributed by atoms with van der Waals surface area (Å²) in [4.78, 5) is 12.1. The molecule has 2 rings (SSSR count). The van der Waals surface area contributed by atoms with E-state index in [1.807, 2.05) is 6.92 Å². The third-order valence-electron chi connectivity index (χ3n) is 6.36. The summed E-state index contributed by atoms with van der Waals surface area (Å²) < 4.78 is 76.3. The highest BCUT2D eigenvalue weighted by Crippen LogP contribution is 2.56. The van der Waals surface area contributed by atoms with Crippen LogP contribution in [-0.2, 0) is 4.79 Å². The predicted octanol–water partition coefficient (Wildman–Crippen LogP) is 5.21. The van der Waals surface area contributed by atoms with Crippen LogP contribution >= 0.6 is 0 Å². The van der Waals surface area contributed by atoms with E-state index in [0.29, 0.717) is 12.8 Å². The van der Waals surface area contributed by atoms with Gasteiger partial charge in [-0.25, -0.2) is 0 Å². The largest absolute Gasteiger partial charge is 0.426 e. The molecule has 2 saturated carbocycles. The molecule has 150 valence electrons. The summed E-state index contributed by atoms with van der Waals surface area (Å²) in [5.41, 5.74) is -5.01. The van der Waals surface area contributed by atoms with E-state index in [-0.39, 0.29) is 29.0 Å². The number of Topliss-reactive ketones (excluding diaryl/α,β-unsaturated/α-hetero) is 1. The van der Waals surface area contributed by atoms with Gasteiger partial charge in [0.15, 0.2) is 0 Å². The second-order valence-corrected chi connectivity index (χ2v) is 7.91. The van der Waals surface area contributed by atoms with Crippen LogP contribution in [0.25, 0.3) is 0 Å². The summed E-state index contributed by atoms with van der Waals surface area (Å²) in [6.45, 7) is 3.74. The lowest BCUT2D eigenvalue weighted by atomic mass is 9.62. The van der Waals surface area contributed by atoms with Gasteiger partial charge in [-0.2, -0.15) is 26.3 Å².